The number of hydrogen-bond donors (Lipinski definition) is 1. The first-order chi connectivity index (χ1) is 10.2. The maximum absolute atomic E-state index is 12.5. The van der Waals surface area contributed by atoms with Crippen LogP contribution in [0.3, 0.4) is 0 Å². The van der Waals surface area contributed by atoms with Crippen LogP contribution in [0.25, 0.3) is 0 Å². The fraction of sp³-hybridized carbons (Fsp3) is 0.562. The Morgan fingerprint density at radius 1 is 1.14 bits per heavy atom. The molecule has 0 aliphatic heterocycles. The van der Waals surface area contributed by atoms with E-state index in [4.69, 9.17) is 15.2 Å². The summed E-state index contributed by atoms with van der Waals surface area (Å²) < 4.78 is 10.1. The summed E-state index contributed by atoms with van der Waals surface area (Å²) in [6.45, 7) is 2.33. The van der Waals surface area contributed by atoms with Gasteiger partial charge in [-0.1, -0.05) is 30.3 Å². The SMILES string of the molecule is COCCCN(CCOC)C(=O)C(N)Cc1ccccc1.Cl. The normalized spacial score (nSPS) is 11.6. The van der Waals surface area contributed by atoms with Crippen molar-refractivity contribution in [1.29, 1.82) is 0 Å². The number of carbonyl (C=O) groups is 1. The predicted octanol–water partition coefficient (Wildman–Crippen LogP) is 1.49. The molecule has 2 N–H and O–H groups in total. The molecule has 5 nitrogen and oxygen atoms in total. The molecule has 0 saturated heterocycles. The van der Waals surface area contributed by atoms with Gasteiger partial charge in [-0.05, 0) is 18.4 Å². The van der Waals surface area contributed by atoms with Gasteiger partial charge >= 0.3 is 0 Å². The quantitative estimate of drug-likeness (QED) is 0.660. The Balaban J connectivity index is 0.00000441. The van der Waals surface area contributed by atoms with E-state index in [9.17, 15) is 4.79 Å². The molecule has 22 heavy (non-hydrogen) atoms. The van der Waals surface area contributed by atoms with Crippen LogP contribution in [0.1, 0.15) is 12.0 Å². The molecule has 6 heteroatoms. The molecule has 0 aliphatic carbocycles. The van der Waals surface area contributed by atoms with Crippen LogP contribution in [-0.4, -0.2) is 57.4 Å². The highest BCUT2D eigenvalue weighted by Gasteiger charge is 2.20. The summed E-state index contributed by atoms with van der Waals surface area (Å²) in [5, 5.41) is 0. The smallest absolute Gasteiger partial charge is 0.239 e. The summed E-state index contributed by atoms with van der Waals surface area (Å²) in [5.74, 6) is -0.0352. The Bertz CT molecular complexity index is 404. The van der Waals surface area contributed by atoms with E-state index >= 15 is 0 Å². The van der Waals surface area contributed by atoms with Crippen LogP contribution in [0.5, 0.6) is 0 Å². The van der Waals surface area contributed by atoms with E-state index in [1.54, 1.807) is 19.1 Å². The summed E-state index contributed by atoms with van der Waals surface area (Å²) in [7, 11) is 3.28. The number of rotatable bonds is 10. The summed E-state index contributed by atoms with van der Waals surface area (Å²) in [5.41, 5.74) is 7.13. The van der Waals surface area contributed by atoms with Crippen LogP contribution in [-0.2, 0) is 20.7 Å². The molecule has 0 radical (unpaired) electrons. The lowest BCUT2D eigenvalue weighted by Crippen LogP contribution is -2.46. The Labute approximate surface area is 139 Å². The molecule has 1 unspecified atom stereocenters. The number of carbonyl (C=O) groups excluding carboxylic acids is 1. The molecule has 0 aliphatic rings. The fourth-order valence-electron chi connectivity index (χ4n) is 2.12. The largest absolute Gasteiger partial charge is 0.385 e. The number of amides is 1. The highest BCUT2D eigenvalue weighted by molar-refractivity contribution is 5.85. The van der Waals surface area contributed by atoms with Crippen molar-refractivity contribution >= 4 is 18.3 Å². The van der Waals surface area contributed by atoms with Crippen LogP contribution < -0.4 is 5.73 Å². The van der Waals surface area contributed by atoms with Gasteiger partial charge in [-0.15, -0.1) is 12.4 Å². The Morgan fingerprint density at radius 3 is 2.36 bits per heavy atom. The number of ether oxygens (including phenoxy) is 2. The molecular formula is C16H27ClN2O3. The average molecular weight is 331 g/mol. The van der Waals surface area contributed by atoms with Crippen molar-refractivity contribution in [3.05, 3.63) is 35.9 Å². The van der Waals surface area contributed by atoms with E-state index in [1.165, 1.54) is 0 Å². The molecule has 1 aromatic carbocycles. The first kappa shape index (κ1) is 20.9. The minimum atomic E-state index is -0.521. The van der Waals surface area contributed by atoms with Crippen molar-refractivity contribution in [2.24, 2.45) is 5.73 Å². The van der Waals surface area contributed by atoms with Crippen molar-refractivity contribution < 1.29 is 14.3 Å². The van der Waals surface area contributed by atoms with Gasteiger partial charge in [0.05, 0.1) is 12.6 Å². The van der Waals surface area contributed by atoms with Gasteiger partial charge in [-0.2, -0.15) is 0 Å². The van der Waals surface area contributed by atoms with Crippen LogP contribution in [0, 0.1) is 0 Å². The minimum Gasteiger partial charge on any atom is -0.385 e. The highest BCUT2D eigenvalue weighted by Crippen LogP contribution is 2.05. The molecular weight excluding hydrogens is 304 g/mol. The van der Waals surface area contributed by atoms with Gasteiger partial charge in [0.1, 0.15) is 0 Å². The molecule has 1 amide bonds. The van der Waals surface area contributed by atoms with Gasteiger partial charge < -0.3 is 20.1 Å². The van der Waals surface area contributed by atoms with Crippen LogP contribution in [0.4, 0.5) is 0 Å². The van der Waals surface area contributed by atoms with Gasteiger partial charge in [0, 0.05) is 33.9 Å². The zero-order valence-corrected chi connectivity index (χ0v) is 14.2. The zero-order chi connectivity index (χ0) is 15.5. The van der Waals surface area contributed by atoms with Crippen molar-refractivity contribution in [3.8, 4) is 0 Å². The zero-order valence-electron chi connectivity index (χ0n) is 13.4. The van der Waals surface area contributed by atoms with E-state index < -0.39 is 6.04 Å². The second kappa shape index (κ2) is 12.4. The lowest BCUT2D eigenvalue weighted by Gasteiger charge is -2.25. The maximum atomic E-state index is 12.5. The van der Waals surface area contributed by atoms with E-state index in [0.29, 0.717) is 32.7 Å². The molecule has 1 aromatic rings. The summed E-state index contributed by atoms with van der Waals surface area (Å²) in [4.78, 5) is 14.2. The Morgan fingerprint density at radius 2 is 1.77 bits per heavy atom. The van der Waals surface area contributed by atoms with E-state index in [0.717, 1.165) is 12.0 Å². The van der Waals surface area contributed by atoms with Crippen LogP contribution >= 0.6 is 12.4 Å². The molecule has 1 rings (SSSR count). The van der Waals surface area contributed by atoms with Crippen molar-refractivity contribution in [3.63, 3.8) is 0 Å². The van der Waals surface area contributed by atoms with Crippen LogP contribution in [0.2, 0.25) is 0 Å². The third-order valence-electron chi connectivity index (χ3n) is 3.27. The van der Waals surface area contributed by atoms with E-state index in [-0.39, 0.29) is 18.3 Å². The Hall–Kier alpha value is -1.14. The molecule has 0 fully saturated rings. The topological polar surface area (TPSA) is 64.8 Å². The number of nitrogens with zero attached hydrogens (tertiary/aromatic N) is 1. The molecule has 0 aromatic heterocycles. The summed E-state index contributed by atoms with van der Waals surface area (Å²) in [6, 6.07) is 9.30. The van der Waals surface area contributed by atoms with Crippen molar-refractivity contribution in [1.82, 2.24) is 4.90 Å². The van der Waals surface area contributed by atoms with Gasteiger partial charge in [0.25, 0.3) is 0 Å². The third-order valence-corrected chi connectivity index (χ3v) is 3.27. The monoisotopic (exact) mass is 330 g/mol. The predicted molar refractivity (Wildman–Crippen MR) is 90.3 cm³/mol. The molecule has 0 bridgehead atoms. The molecule has 0 heterocycles. The van der Waals surface area contributed by atoms with E-state index in [1.807, 2.05) is 30.3 Å². The Kier molecular flexibility index (Phi) is 11.8. The molecule has 0 spiro atoms. The average Bonchev–Trinajstić information content (AvgIpc) is 2.51. The number of halogens is 1. The van der Waals surface area contributed by atoms with E-state index in [2.05, 4.69) is 0 Å². The molecule has 1 atom stereocenters. The summed E-state index contributed by atoms with van der Waals surface area (Å²) in [6.07, 6.45) is 1.34. The van der Waals surface area contributed by atoms with Gasteiger partial charge in [-0.3, -0.25) is 4.79 Å². The summed E-state index contributed by atoms with van der Waals surface area (Å²) >= 11 is 0. The first-order valence-corrected chi connectivity index (χ1v) is 7.25. The minimum absolute atomic E-state index is 0. The molecule has 0 saturated carbocycles. The van der Waals surface area contributed by atoms with Gasteiger partial charge in [-0.25, -0.2) is 0 Å². The number of methoxy groups -OCH3 is 2. The third kappa shape index (κ3) is 7.75. The standard InChI is InChI=1S/C16H26N2O3.ClH/c1-20-11-6-9-18(10-12-21-2)16(19)15(17)13-14-7-4-3-5-8-14;/h3-5,7-8,15H,6,9-13,17H2,1-2H3;1H. The second-order valence-corrected chi connectivity index (χ2v) is 4.96. The lowest BCUT2D eigenvalue weighted by atomic mass is 10.1. The maximum Gasteiger partial charge on any atom is 0.239 e. The second-order valence-electron chi connectivity index (χ2n) is 4.96. The van der Waals surface area contributed by atoms with Crippen molar-refractivity contribution in [2.75, 3.05) is 40.5 Å². The number of nitrogens with two attached hydrogens (primary N) is 1. The van der Waals surface area contributed by atoms with Gasteiger partial charge in [0.2, 0.25) is 5.91 Å². The van der Waals surface area contributed by atoms with Gasteiger partial charge in [0.15, 0.2) is 0 Å². The first-order valence-electron chi connectivity index (χ1n) is 7.25. The highest BCUT2D eigenvalue weighted by atomic mass is 35.5. The molecule has 126 valence electrons. The lowest BCUT2D eigenvalue weighted by molar-refractivity contribution is -0.133. The fourth-order valence-corrected chi connectivity index (χ4v) is 2.12. The number of hydrogen-bond acceptors (Lipinski definition) is 4. The van der Waals surface area contributed by atoms with Crippen molar-refractivity contribution in [2.45, 2.75) is 18.9 Å². The number of benzene rings is 1. The van der Waals surface area contributed by atoms with Crippen LogP contribution in [0.15, 0.2) is 30.3 Å².